The van der Waals surface area contributed by atoms with Crippen LogP contribution in [0, 0.1) is 12.7 Å². The van der Waals surface area contributed by atoms with Crippen molar-refractivity contribution in [2.75, 3.05) is 18.0 Å². The molecule has 1 atom stereocenters. The van der Waals surface area contributed by atoms with E-state index in [4.69, 9.17) is 4.52 Å². The first-order valence-corrected chi connectivity index (χ1v) is 8.32. The Bertz CT molecular complexity index is 881. The predicted octanol–water partition coefficient (Wildman–Crippen LogP) is 3.36. The van der Waals surface area contributed by atoms with Crippen molar-refractivity contribution in [2.45, 2.75) is 25.7 Å². The molecule has 1 aliphatic rings. The smallest absolute Gasteiger partial charge is 0.231 e. The maximum absolute atomic E-state index is 13.4. The topological polar surface area (TPSA) is 67.9 Å². The summed E-state index contributed by atoms with van der Waals surface area (Å²) in [7, 11) is 0. The lowest BCUT2D eigenvalue weighted by Crippen LogP contribution is -2.35. The molecule has 4 rings (SSSR count). The van der Waals surface area contributed by atoms with Crippen LogP contribution in [0.2, 0.25) is 0 Å². The number of nitrogens with zero attached hydrogens (tertiary/aromatic N) is 5. The molecule has 6 nitrogen and oxygen atoms in total. The molecule has 7 heteroatoms. The van der Waals surface area contributed by atoms with E-state index in [1.54, 1.807) is 24.5 Å². The third kappa shape index (κ3) is 3.35. The number of anilines is 1. The first kappa shape index (κ1) is 15.7. The number of rotatable bonds is 3. The molecule has 1 saturated heterocycles. The van der Waals surface area contributed by atoms with Crippen LogP contribution in [0.4, 0.5) is 10.2 Å². The Morgan fingerprint density at radius 1 is 1.24 bits per heavy atom. The van der Waals surface area contributed by atoms with Crippen molar-refractivity contribution >= 4 is 5.82 Å². The van der Waals surface area contributed by atoms with Crippen LogP contribution in [0.5, 0.6) is 0 Å². The Balaban J connectivity index is 1.54. The normalized spacial score (nSPS) is 17.7. The third-order valence-corrected chi connectivity index (χ3v) is 4.36. The first-order chi connectivity index (χ1) is 12.2. The van der Waals surface area contributed by atoms with E-state index in [9.17, 15) is 4.39 Å². The number of aromatic nitrogens is 4. The molecule has 0 bridgehead atoms. The minimum Gasteiger partial charge on any atom is -0.355 e. The van der Waals surface area contributed by atoms with Gasteiger partial charge in [0.1, 0.15) is 11.6 Å². The van der Waals surface area contributed by atoms with E-state index in [0.717, 1.165) is 37.4 Å². The highest BCUT2D eigenvalue weighted by Gasteiger charge is 2.27. The Morgan fingerprint density at radius 2 is 2.16 bits per heavy atom. The van der Waals surface area contributed by atoms with E-state index in [2.05, 4.69) is 25.0 Å². The van der Waals surface area contributed by atoms with Gasteiger partial charge in [-0.05, 0) is 31.9 Å². The van der Waals surface area contributed by atoms with Crippen LogP contribution in [0.25, 0.3) is 11.4 Å². The molecule has 1 fully saturated rings. The zero-order valence-corrected chi connectivity index (χ0v) is 13.9. The Morgan fingerprint density at radius 3 is 3.00 bits per heavy atom. The summed E-state index contributed by atoms with van der Waals surface area (Å²) in [5.41, 5.74) is 1.51. The van der Waals surface area contributed by atoms with Gasteiger partial charge in [-0.3, -0.25) is 4.98 Å². The average molecular weight is 339 g/mol. The summed E-state index contributed by atoms with van der Waals surface area (Å²) in [5.74, 6) is 1.69. The Hall–Kier alpha value is -2.83. The Labute approximate surface area is 144 Å². The molecule has 0 amide bonds. The zero-order chi connectivity index (χ0) is 17.2. The van der Waals surface area contributed by atoms with Crippen molar-refractivity contribution in [3.05, 3.63) is 54.1 Å². The molecule has 2 aromatic heterocycles. The van der Waals surface area contributed by atoms with Gasteiger partial charge in [0.15, 0.2) is 0 Å². The molecule has 0 aliphatic carbocycles. The number of aryl methyl sites for hydroxylation is 1. The van der Waals surface area contributed by atoms with Gasteiger partial charge in [0, 0.05) is 24.8 Å². The van der Waals surface area contributed by atoms with Crippen molar-refractivity contribution in [3.8, 4) is 11.4 Å². The second kappa shape index (κ2) is 6.58. The predicted molar refractivity (Wildman–Crippen MR) is 90.6 cm³/mol. The van der Waals surface area contributed by atoms with Crippen LogP contribution < -0.4 is 4.90 Å². The molecule has 128 valence electrons. The fraction of sp³-hybridized carbons (Fsp3) is 0.333. The van der Waals surface area contributed by atoms with Crippen LogP contribution in [0.1, 0.15) is 30.3 Å². The molecular weight excluding hydrogens is 321 g/mol. The molecule has 3 heterocycles. The second-order valence-electron chi connectivity index (χ2n) is 6.27. The summed E-state index contributed by atoms with van der Waals surface area (Å²) in [4.78, 5) is 15.4. The van der Waals surface area contributed by atoms with E-state index in [-0.39, 0.29) is 11.7 Å². The highest BCUT2D eigenvalue weighted by molar-refractivity contribution is 5.54. The van der Waals surface area contributed by atoms with Crippen molar-refractivity contribution in [3.63, 3.8) is 0 Å². The van der Waals surface area contributed by atoms with Gasteiger partial charge in [-0.1, -0.05) is 17.3 Å². The lowest BCUT2D eigenvalue weighted by molar-refractivity contribution is 0.333. The fourth-order valence-electron chi connectivity index (χ4n) is 3.14. The number of halogens is 1. The average Bonchev–Trinajstić information content (AvgIpc) is 3.12. The van der Waals surface area contributed by atoms with Crippen LogP contribution in [-0.4, -0.2) is 33.2 Å². The van der Waals surface area contributed by atoms with Gasteiger partial charge in [-0.2, -0.15) is 4.98 Å². The van der Waals surface area contributed by atoms with E-state index in [1.807, 2.05) is 6.92 Å². The molecular formula is C18H18FN5O. The molecule has 0 radical (unpaired) electrons. The summed E-state index contributed by atoms with van der Waals surface area (Å²) >= 11 is 0. The number of piperidine rings is 1. The van der Waals surface area contributed by atoms with Crippen LogP contribution >= 0.6 is 0 Å². The molecule has 0 spiro atoms. The molecule has 1 unspecified atom stereocenters. The summed E-state index contributed by atoms with van der Waals surface area (Å²) in [6, 6.07) is 6.21. The lowest BCUT2D eigenvalue weighted by atomic mass is 9.98. The van der Waals surface area contributed by atoms with Crippen LogP contribution in [0.3, 0.4) is 0 Å². The van der Waals surface area contributed by atoms with E-state index in [0.29, 0.717) is 17.3 Å². The van der Waals surface area contributed by atoms with E-state index >= 15 is 0 Å². The number of hydrogen-bond acceptors (Lipinski definition) is 6. The van der Waals surface area contributed by atoms with Gasteiger partial charge in [-0.25, -0.2) is 9.37 Å². The van der Waals surface area contributed by atoms with Gasteiger partial charge >= 0.3 is 0 Å². The molecule has 1 aromatic carbocycles. The summed E-state index contributed by atoms with van der Waals surface area (Å²) in [6.45, 7) is 3.61. The van der Waals surface area contributed by atoms with E-state index < -0.39 is 0 Å². The summed E-state index contributed by atoms with van der Waals surface area (Å²) in [5, 5.41) is 4.02. The van der Waals surface area contributed by atoms with Crippen molar-refractivity contribution in [1.82, 2.24) is 20.1 Å². The molecule has 0 saturated carbocycles. The minimum absolute atomic E-state index is 0.130. The van der Waals surface area contributed by atoms with E-state index in [1.165, 1.54) is 12.1 Å². The summed E-state index contributed by atoms with van der Waals surface area (Å²) < 4.78 is 18.8. The molecule has 25 heavy (non-hydrogen) atoms. The highest BCUT2D eigenvalue weighted by Crippen LogP contribution is 2.29. The molecule has 1 aliphatic heterocycles. The first-order valence-electron chi connectivity index (χ1n) is 8.32. The van der Waals surface area contributed by atoms with Crippen molar-refractivity contribution in [1.29, 1.82) is 0 Å². The summed E-state index contributed by atoms with van der Waals surface area (Å²) in [6.07, 6.45) is 5.51. The molecule has 0 N–H and O–H groups in total. The molecule has 3 aromatic rings. The monoisotopic (exact) mass is 339 g/mol. The highest BCUT2D eigenvalue weighted by atomic mass is 19.1. The van der Waals surface area contributed by atoms with Gasteiger partial charge in [0.25, 0.3) is 0 Å². The van der Waals surface area contributed by atoms with Gasteiger partial charge < -0.3 is 9.42 Å². The van der Waals surface area contributed by atoms with Crippen LogP contribution in [-0.2, 0) is 0 Å². The van der Waals surface area contributed by atoms with Crippen molar-refractivity contribution < 1.29 is 8.91 Å². The standard InChI is InChI=1S/C18H18FN5O/c1-12-9-20-10-16(21-12)24-7-3-5-14(11-24)18-22-17(23-25-18)13-4-2-6-15(19)8-13/h2,4,6,8-10,14H,3,5,7,11H2,1H3. The minimum atomic E-state index is -0.314. The SMILES string of the molecule is Cc1cncc(N2CCCC(c3nc(-c4cccc(F)c4)no3)C2)n1. The maximum atomic E-state index is 13.4. The van der Waals surface area contributed by atoms with Crippen LogP contribution in [0.15, 0.2) is 41.2 Å². The lowest BCUT2D eigenvalue weighted by Gasteiger charge is -2.31. The fourth-order valence-corrected chi connectivity index (χ4v) is 3.14. The quantitative estimate of drug-likeness (QED) is 0.729. The largest absolute Gasteiger partial charge is 0.355 e. The zero-order valence-electron chi connectivity index (χ0n) is 13.9. The van der Waals surface area contributed by atoms with Gasteiger partial charge in [0.2, 0.25) is 11.7 Å². The van der Waals surface area contributed by atoms with Gasteiger partial charge in [-0.15, -0.1) is 0 Å². The third-order valence-electron chi connectivity index (χ3n) is 4.36. The number of benzene rings is 1. The Kier molecular flexibility index (Phi) is 4.13. The number of hydrogen-bond donors (Lipinski definition) is 0. The maximum Gasteiger partial charge on any atom is 0.231 e. The van der Waals surface area contributed by atoms with Gasteiger partial charge in [0.05, 0.1) is 17.8 Å². The second-order valence-corrected chi connectivity index (χ2v) is 6.27. The van der Waals surface area contributed by atoms with Crippen molar-refractivity contribution in [2.24, 2.45) is 0 Å².